The Labute approximate surface area is 97.9 Å². The monoisotopic (exact) mass is 237 g/mol. The van der Waals surface area contributed by atoms with Gasteiger partial charge in [0.05, 0.1) is 39.6 Å². The van der Waals surface area contributed by atoms with Crippen LogP contribution in [0.5, 0.6) is 0 Å². The highest BCUT2D eigenvalue weighted by atomic mass is 35.5. The van der Waals surface area contributed by atoms with Crippen molar-refractivity contribution < 1.29 is 14.2 Å². The van der Waals surface area contributed by atoms with E-state index >= 15 is 0 Å². The third kappa shape index (κ3) is 16.4. The summed E-state index contributed by atoms with van der Waals surface area (Å²) in [5, 5.41) is 0. The largest absolute Gasteiger partial charge is 0.378 e. The summed E-state index contributed by atoms with van der Waals surface area (Å²) in [5.41, 5.74) is 5.24. The van der Waals surface area contributed by atoms with Crippen molar-refractivity contribution in [2.75, 3.05) is 46.2 Å². The van der Waals surface area contributed by atoms with Crippen LogP contribution >= 0.6 is 12.4 Å². The maximum absolute atomic E-state index is 5.24. The van der Waals surface area contributed by atoms with Gasteiger partial charge in [-0.25, -0.2) is 0 Å². The van der Waals surface area contributed by atoms with Crippen LogP contribution in [0.4, 0.5) is 0 Å². The van der Waals surface area contributed by atoms with E-state index in [1.165, 1.54) is 0 Å². The number of rotatable bonds is 10. The molecule has 0 aromatic heterocycles. The fraction of sp³-hybridized carbons (Fsp3) is 0.800. The number of hydrogen-bond donors (Lipinski definition) is 1. The number of ether oxygens (including phenoxy) is 3. The molecule has 0 saturated carbocycles. The van der Waals surface area contributed by atoms with Gasteiger partial charge in [0.1, 0.15) is 0 Å². The smallest absolute Gasteiger partial charge is 0.0701 e. The van der Waals surface area contributed by atoms with Gasteiger partial charge in [0.2, 0.25) is 0 Å². The maximum Gasteiger partial charge on any atom is 0.0701 e. The molecular weight excluding hydrogens is 218 g/mol. The van der Waals surface area contributed by atoms with Gasteiger partial charge in [0, 0.05) is 13.0 Å². The van der Waals surface area contributed by atoms with Crippen LogP contribution in [0.25, 0.3) is 0 Å². The Kier molecular flexibility index (Phi) is 18.4. The van der Waals surface area contributed by atoms with Crippen LogP contribution in [0.2, 0.25) is 0 Å². The Balaban J connectivity index is 0. The molecule has 90 valence electrons. The first-order valence-corrected chi connectivity index (χ1v) is 4.78. The van der Waals surface area contributed by atoms with E-state index in [9.17, 15) is 0 Å². The van der Waals surface area contributed by atoms with Crippen molar-refractivity contribution in [1.29, 1.82) is 0 Å². The molecule has 0 spiro atoms. The normalized spacial score (nSPS) is 9.33. The molecule has 0 aliphatic heterocycles. The third-order valence-corrected chi connectivity index (χ3v) is 1.40. The molecule has 0 heterocycles. The molecule has 0 rings (SSSR count). The summed E-state index contributed by atoms with van der Waals surface area (Å²) in [6.07, 6.45) is 5.70. The summed E-state index contributed by atoms with van der Waals surface area (Å²) in [7, 11) is 0. The predicted octanol–water partition coefficient (Wildman–Crippen LogP) is 0.440. The van der Waals surface area contributed by atoms with Crippen LogP contribution in [0, 0.1) is 12.3 Å². The van der Waals surface area contributed by atoms with Gasteiger partial charge in [-0.15, -0.1) is 24.8 Å². The molecule has 4 nitrogen and oxygen atoms in total. The first-order valence-electron chi connectivity index (χ1n) is 4.78. The Bertz CT molecular complexity index is 150. The van der Waals surface area contributed by atoms with Gasteiger partial charge >= 0.3 is 0 Å². The van der Waals surface area contributed by atoms with Gasteiger partial charge in [-0.3, -0.25) is 0 Å². The first kappa shape index (κ1) is 17.1. The summed E-state index contributed by atoms with van der Waals surface area (Å²) >= 11 is 0. The molecular formula is C10H20ClNO3. The van der Waals surface area contributed by atoms with Crippen LogP contribution < -0.4 is 5.73 Å². The van der Waals surface area contributed by atoms with Gasteiger partial charge < -0.3 is 19.9 Å². The minimum atomic E-state index is 0. The average molecular weight is 238 g/mol. The minimum Gasteiger partial charge on any atom is -0.378 e. The standard InChI is InChI=1S/C10H19NO3.ClH/c1-2-3-5-12-7-9-14-10-8-13-6-4-11;/h1H,3-11H2;1H. The Morgan fingerprint density at radius 1 is 0.867 bits per heavy atom. The SMILES string of the molecule is C#CCCOCCOCCOCCN.Cl. The molecule has 5 heteroatoms. The predicted molar refractivity (Wildman–Crippen MR) is 62.2 cm³/mol. The van der Waals surface area contributed by atoms with E-state index in [0.717, 1.165) is 0 Å². The highest BCUT2D eigenvalue weighted by molar-refractivity contribution is 5.85. The Morgan fingerprint density at radius 2 is 1.33 bits per heavy atom. The highest BCUT2D eigenvalue weighted by Crippen LogP contribution is 1.82. The highest BCUT2D eigenvalue weighted by Gasteiger charge is 1.89. The zero-order valence-electron chi connectivity index (χ0n) is 8.94. The lowest BCUT2D eigenvalue weighted by atomic mass is 10.5. The van der Waals surface area contributed by atoms with Gasteiger partial charge in [0.25, 0.3) is 0 Å². The van der Waals surface area contributed by atoms with Crippen LogP contribution in [0.15, 0.2) is 0 Å². The van der Waals surface area contributed by atoms with Crippen molar-refractivity contribution >= 4 is 12.4 Å². The zero-order valence-corrected chi connectivity index (χ0v) is 9.76. The maximum atomic E-state index is 5.24. The van der Waals surface area contributed by atoms with E-state index in [1.807, 2.05) is 0 Å². The fourth-order valence-corrected chi connectivity index (χ4v) is 0.756. The molecule has 0 aromatic carbocycles. The van der Waals surface area contributed by atoms with E-state index in [0.29, 0.717) is 52.6 Å². The molecule has 0 fully saturated rings. The second kappa shape index (κ2) is 16.1. The summed E-state index contributed by atoms with van der Waals surface area (Å²) in [5.74, 6) is 2.50. The second-order valence-electron chi connectivity index (χ2n) is 2.58. The molecule has 0 aromatic rings. The van der Waals surface area contributed by atoms with E-state index in [2.05, 4.69) is 5.92 Å². The summed E-state index contributed by atoms with van der Waals surface area (Å²) in [6, 6.07) is 0. The van der Waals surface area contributed by atoms with Crippen LogP contribution in [0.1, 0.15) is 6.42 Å². The average Bonchev–Trinajstić information content (AvgIpc) is 2.21. The molecule has 0 amide bonds. The summed E-state index contributed by atoms with van der Waals surface area (Å²) in [4.78, 5) is 0. The molecule has 0 bridgehead atoms. The lowest BCUT2D eigenvalue weighted by Crippen LogP contribution is -2.13. The third-order valence-electron chi connectivity index (χ3n) is 1.40. The summed E-state index contributed by atoms with van der Waals surface area (Å²) < 4.78 is 15.5. The van der Waals surface area contributed by atoms with Crippen molar-refractivity contribution in [3.63, 3.8) is 0 Å². The van der Waals surface area contributed by atoms with Crippen molar-refractivity contribution in [2.24, 2.45) is 5.73 Å². The van der Waals surface area contributed by atoms with Crippen molar-refractivity contribution in [3.05, 3.63) is 0 Å². The molecule has 0 radical (unpaired) electrons. The fourth-order valence-electron chi connectivity index (χ4n) is 0.756. The van der Waals surface area contributed by atoms with Crippen molar-refractivity contribution in [2.45, 2.75) is 6.42 Å². The van der Waals surface area contributed by atoms with Gasteiger partial charge in [-0.2, -0.15) is 0 Å². The van der Waals surface area contributed by atoms with Crippen LogP contribution in [0.3, 0.4) is 0 Å². The topological polar surface area (TPSA) is 53.7 Å². The molecule has 0 unspecified atom stereocenters. The van der Waals surface area contributed by atoms with E-state index < -0.39 is 0 Å². The quantitative estimate of drug-likeness (QED) is 0.443. The molecule has 15 heavy (non-hydrogen) atoms. The van der Waals surface area contributed by atoms with Gasteiger partial charge in [-0.05, 0) is 0 Å². The van der Waals surface area contributed by atoms with Crippen LogP contribution in [-0.2, 0) is 14.2 Å². The molecule has 2 N–H and O–H groups in total. The molecule has 0 aliphatic carbocycles. The van der Waals surface area contributed by atoms with E-state index in [4.69, 9.17) is 26.4 Å². The van der Waals surface area contributed by atoms with E-state index in [-0.39, 0.29) is 12.4 Å². The lowest BCUT2D eigenvalue weighted by molar-refractivity contribution is 0.0171. The molecule has 0 atom stereocenters. The number of hydrogen-bond acceptors (Lipinski definition) is 4. The Hall–Kier alpha value is -0.310. The number of halogens is 1. The molecule has 0 aliphatic rings. The van der Waals surface area contributed by atoms with Gasteiger partial charge in [0.15, 0.2) is 0 Å². The van der Waals surface area contributed by atoms with Crippen molar-refractivity contribution in [3.8, 4) is 12.3 Å². The van der Waals surface area contributed by atoms with Crippen molar-refractivity contribution in [1.82, 2.24) is 0 Å². The first-order chi connectivity index (χ1) is 6.91. The Morgan fingerprint density at radius 3 is 1.80 bits per heavy atom. The lowest BCUT2D eigenvalue weighted by Gasteiger charge is -2.05. The number of terminal acetylenes is 1. The summed E-state index contributed by atoms with van der Waals surface area (Å²) in [6.45, 7) is 4.07. The number of nitrogens with two attached hydrogens (primary N) is 1. The minimum absolute atomic E-state index is 0. The van der Waals surface area contributed by atoms with Crippen LogP contribution in [-0.4, -0.2) is 46.2 Å². The van der Waals surface area contributed by atoms with E-state index in [1.54, 1.807) is 0 Å². The van der Waals surface area contributed by atoms with Gasteiger partial charge in [-0.1, -0.05) is 0 Å². The molecule has 0 saturated heterocycles. The second-order valence-corrected chi connectivity index (χ2v) is 2.58. The zero-order chi connectivity index (χ0) is 10.5.